The Labute approximate surface area is 334 Å². The summed E-state index contributed by atoms with van der Waals surface area (Å²) in [5, 5.41) is 5.15. The summed E-state index contributed by atoms with van der Waals surface area (Å²) in [4.78, 5) is 5.08. The molecule has 262 valence electrons. The van der Waals surface area contributed by atoms with E-state index in [1.165, 1.54) is 85.2 Å². The normalized spacial score (nSPS) is 13.4. The smallest absolute Gasteiger partial charge is 0.0736 e. The summed E-state index contributed by atoms with van der Waals surface area (Å²) in [5.41, 5.74) is 13.3. The zero-order valence-corrected chi connectivity index (χ0v) is 31.9. The van der Waals surface area contributed by atoms with E-state index in [1.54, 1.807) is 0 Å². The van der Waals surface area contributed by atoms with Crippen LogP contribution >= 0.6 is 23.1 Å². The monoisotopic (exact) mass is 747 g/mol. The maximum atomic E-state index is 2.50. The van der Waals surface area contributed by atoms with Gasteiger partial charge in [0.15, 0.2) is 0 Å². The van der Waals surface area contributed by atoms with Gasteiger partial charge >= 0.3 is 0 Å². The molecule has 0 bridgehead atoms. The summed E-state index contributed by atoms with van der Waals surface area (Å²) in [6.45, 7) is 0. The molecule has 0 unspecified atom stereocenters. The summed E-state index contributed by atoms with van der Waals surface area (Å²) >= 11 is 3.76. The molecule has 0 N–H and O–H groups in total. The Balaban J connectivity index is 1.13. The van der Waals surface area contributed by atoms with Crippen molar-refractivity contribution in [1.82, 2.24) is 0 Å². The van der Waals surface area contributed by atoms with Crippen molar-refractivity contribution >= 4 is 71.1 Å². The van der Waals surface area contributed by atoms with E-state index in [-0.39, 0.29) is 0 Å². The third kappa shape index (κ3) is 4.62. The molecule has 9 aromatic carbocycles. The predicted molar refractivity (Wildman–Crippen MR) is 238 cm³/mol. The van der Waals surface area contributed by atoms with Gasteiger partial charge in [0.05, 0.1) is 5.41 Å². The molecule has 1 aliphatic carbocycles. The molecule has 3 heteroatoms. The van der Waals surface area contributed by atoms with E-state index >= 15 is 0 Å². The summed E-state index contributed by atoms with van der Waals surface area (Å²) in [6.07, 6.45) is 0. The topological polar surface area (TPSA) is 3.24 Å². The van der Waals surface area contributed by atoms with Crippen molar-refractivity contribution < 1.29 is 0 Å². The number of thiophene rings is 1. The highest BCUT2D eigenvalue weighted by Gasteiger charge is 2.50. The molecule has 56 heavy (non-hydrogen) atoms. The molecule has 0 radical (unpaired) electrons. The van der Waals surface area contributed by atoms with Gasteiger partial charge in [-0.3, -0.25) is 0 Å². The lowest BCUT2D eigenvalue weighted by Gasteiger charge is -2.40. The standard InChI is InChI=1S/C53H33NS2/c1-2-12-34(13-3-1)35-22-24-38(25-23-35)54(40-27-29-43-42-16-6-9-19-49(42)55-52(43)33-40)39-26-28-41-44-30-36-14-4-5-15-37(36)31-47(44)53(48(41)32-39)45-17-7-10-20-50(45)56-51-21-11-8-18-46(51)53/h1-33H. The molecule has 1 spiro atoms. The molecular formula is C53H33NS2. The molecule has 0 fully saturated rings. The van der Waals surface area contributed by atoms with Gasteiger partial charge in [0.2, 0.25) is 0 Å². The van der Waals surface area contributed by atoms with Crippen LogP contribution in [0.4, 0.5) is 17.1 Å². The minimum Gasteiger partial charge on any atom is -0.310 e. The van der Waals surface area contributed by atoms with Gasteiger partial charge < -0.3 is 4.90 Å². The van der Waals surface area contributed by atoms with Crippen LogP contribution in [-0.4, -0.2) is 0 Å². The lowest BCUT2D eigenvalue weighted by atomic mass is 9.67. The highest BCUT2D eigenvalue weighted by Crippen LogP contribution is 2.63. The SMILES string of the molecule is c1ccc(-c2ccc(N(c3ccc4c(c3)C3(c5ccccc5Sc5ccccc53)c3cc5ccccc5cc3-4)c3ccc4c(c3)sc3ccccc34)cc2)cc1. The Kier molecular flexibility index (Phi) is 7.01. The number of fused-ring (bicyclic) bond motifs is 13. The van der Waals surface area contributed by atoms with Gasteiger partial charge in [-0.25, -0.2) is 0 Å². The summed E-state index contributed by atoms with van der Waals surface area (Å²) < 4.78 is 2.61. The van der Waals surface area contributed by atoms with Crippen LogP contribution in [0.2, 0.25) is 0 Å². The first kappa shape index (κ1) is 31.9. The number of hydrogen-bond donors (Lipinski definition) is 0. The fraction of sp³-hybridized carbons (Fsp3) is 0.0189. The fourth-order valence-electron chi connectivity index (χ4n) is 9.44. The van der Waals surface area contributed by atoms with E-state index in [2.05, 4.69) is 205 Å². The maximum absolute atomic E-state index is 2.50. The van der Waals surface area contributed by atoms with Crippen LogP contribution in [0.25, 0.3) is 53.2 Å². The number of nitrogens with zero attached hydrogens (tertiary/aromatic N) is 1. The van der Waals surface area contributed by atoms with E-state index in [0.29, 0.717) is 0 Å². The van der Waals surface area contributed by atoms with E-state index < -0.39 is 5.41 Å². The minimum absolute atomic E-state index is 0.485. The van der Waals surface area contributed by atoms with Crippen LogP contribution < -0.4 is 4.90 Å². The maximum Gasteiger partial charge on any atom is 0.0736 e. The van der Waals surface area contributed by atoms with Crippen molar-refractivity contribution in [3.05, 3.63) is 222 Å². The lowest BCUT2D eigenvalue weighted by molar-refractivity contribution is 0.723. The van der Waals surface area contributed by atoms with Crippen molar-refractivity contribution in [2.24, 2.45) is 0 Å². The second-order valence-corrected chi connectivity index (χ2v) is 17.0. The van der Waals surface area contributed by atoms with Crippen LogP contribution in [0.5, 0.6) is 0 Å². The second-order valence-electron chi connectivity index (χ2n) is 14.8. The molecule has 0 saturated carbocycles. The first-order chi connectivity index (χ1) is 27.7. The zero-order chi connectivity index (χ0) is 36.8. The van der Waals surface area contributed by atoms with Crippen LogP contribution in [-0.2, 0) is 5.41 Å². The molecule has 10 aromatic rings. The first-order valence-electron chi connectivity index (χ1n) is 19.2. The van der Waals surface area contributed by atoms with Gasteiger partial charge in [-0.15, -0.1) is 11.3 Å². The Bertz CT molecular complexity index is 3130. The molecule has 1 aliphatic heterocycles. The predicted octanol–water partition coefficient (Wildman–Crippen LogP) is 15.2. The molecule has 2 heterocycles. The number of hydrogen-bond acceptors (Lipinski definition) is 3. The highest BCUT2D eigenvalue weighted by atomic mass is 32.2. The van der Waals surface area contributed by atoms with Gasteiger partial charge in [-0.1, -0.05) is 145 Å². The fourth-order valence-corrected chi connectivity index (χ4v) is 11.8. The molecule has 1 nitrogen and oxygen atoms in total. The molecule has 0 amide bonds. The van der Waals surface area contributed by atoms with Crippen molar-refractivity contribution in [3.8, 4) is 22.3 Å². The van der Waals surface area contributed by atoms with Crippen molar-refractivity contribution in [3.63, 3.8) is 0 Å². The summed E-state index contributed by atoms with van der Waals surface area (Å²) in [7, 11) is 0. The molecule has 1 aromatic heterocycles. The van der Waals surface area contributed by atoms with Crippen molar-refractivity contribution in [1.29, 1.82) is 0 Å². The number of anilines is 3. The number of benzene rings is 9. The third-order valence-electron chi connectivity index (χ3n) is 11.9. The Morgan fingerprint density at radius 1 is 0.357 bits per heavy atom. The van der Waals surface area contributed by atoms with Gasteiger partial charge in [-0.05, 0) is 122 Å². The van der Waals surface area contributed by atoms with Crippen LogP contribution in [0.15, 0.2) is 210 Å². The van der Waals surface area contributed by atoms with Gasteiger partial charge in [0, 0.05) is 47.0 Å². The highest BCUT2D eigenvalue weighted by molar-refractivity contribution is 7.99. The molecule has 12 rings (SSSR count). The lowest BCUT2D eigenvalue weighted by Crippen LogP contribution is -2.32. The van der Waals surface area contributed by atoms with Gasteiger partial charge in [0.1, 0.15) is 0 Å². The van der Waals surface area contributed by atoms with Gasteiger partial charge in [-0.2, -0.15) is 0 Å². The van der Waals surface area contributed by atoms with Crippen LogP contribution in [0, 0.1) is 0 Å². The average Bonchev–Trinajstić information content (AvgIpc) is 3.76. The quantitative estimate of drug-likeness (QED) is 0.176. The number of rotatable bonds is 4. The molecule has 0 saturated heterocycles. The minimum atomic E-state index is -0.485. The third-order valence-corrected chi connectivity index (χ3v) is 14.2. The largest absolute Gasteiger partial charge is 0.310 e. The van der Waals surface area contributed by atoms with Crippen molar-refractivity contribution in [2.75, 3.05) is 4.90 Å². The Hall–Kier alpha value is -6.39. The average molecular weight is 748 g/mol. The first-order valence-corrected chi connectivity index (χ1v) is 20.8. The van der Waals surface area contributed by atoms with E-state index in [1.807, 2.05) is 23.1 Å². The van der Waals surface area contributed by atoms with E-state index in [4.69, 9.17) is 0 Å². The van der Waals surface area contributed by atoms with Crippen molar-refractivity contribution in [2.45, 2.75) is 15.2 Å². The van der Waals surface area contributed by atoms with Crippen LogP contribution in [0.1, 0.15) is 22.3 Å². The van der Waals surface area contributed by atoms with E-state index in [9.17, 15) is 0 Å². The second kappa shape index (κ2) is 12.3. The van der Waals surface area contributed by atoms with Crippen LogP contribution in [0.3, 0.4) is 0 Å². The summed E-state index contributed by atoms with van der Waals surface area (Å²) in [5.74, 6) is 0. The van der Waals surface area contributed by atoms with Gasteiger partial charge in [0.25, 0.3) is 0 Å². The molecule has 0 atom stereocenters. The molecule has 2 aliphatic rings. The Morgan fingerprint density at radius 3 is 1.71 bits per heavy atom. The zero-order valence-electron chi connectivity index (χ0n) is 30.3. The summed E-state index contributed by atoms with van der Waals surface area (Å²) in [6, 6.07) is 74.6. The Morgan fingerprint density at radius 2 is 0.929 bits per heavy atom. The van der Waals surface area contributed by atoms with E-state index in [0.717, 1.165) is 17.1 Å². The molecular weight excluding hydrogens is 715 g/mol.